The minimum Gasteiger partial charge on any atom is -0.383 e. The average molecular weight is 1510 g/mol. The molecule has 3 aliphatic carbocycles. The number of nitrogens with zero attached hydrogens (tertiary/aromatic N) is 12. The fourth-order valence-electron chi connectivity index (χ4n) is 16.2. The molecule has 111 heavy (non-hydrogen) atoms. The van der Waals surface area contributed by atoms with E-state index in [-0.39, 0.29) is 59.0 Å². The van der Waals surface area contributed by atoms with Crippen molar-refractivity contribution >= 4 is 126 Å². The Morgan fingerprint density at radius 2 is 0.865 bits per heavy atom. The molecule has 15 N–H and O–H groups in total. The summed E-state index contributed by atoms with van der Waals surface area (Å²) >= 11 is 6.00. The number of rotatable bonds is 10. The number of hydrogen-bond donors (Lipinski definition) is 11. The van der Waals surface area contributed by atoms with E-state index in [2.05, 4.69) is 182 Å². The van der Waals surface area contributed by atoms with E-state index in [1.807, 2.05) is 18.2 Å². The summed E-state index contributed by atoms with van der Waals surface area (Å²) in [6, 6.07) is 21.6. The van der Waals surface area contributed by atoms with Crippen LogP contribution in [-0.4, -0.2) is 87.9 Å². The molecule has 3 fully saturated rings. The molecule has 4 aliphatic heterocycles. The molecule has 0 atom stereocenters. The number of carbonyl (C=O) groups excluding carboxylic acids is 4. The number of aromatic nitrogens is 12. The number of carbonyl (C=O) groups is 4. The third-order valence-electron chi connectivity index (χ3n) is 21.5. The molecule has 0 saturated heterocycles. The molecule has 0 radical (unpaired) electrons. The lowest BCUT2D eigenvalue weighted by Gasteiger charge is -2.14. The van der Waals surface area contributed by atoms with E-state index in [1.54, 1.807) is 36.7 Å². The van der Waals surface area contributed by atoms with Crippen molar-refractivity contribution in [2.45, 2.75) is 163 Å². The lowest BCUT2D eigenvalue weighted by Crippen LogP contribution is -2.30. The number of amides is 5. The van der Waals surface area contributed by atoms with Crippen LogP contribution in [0, 0.1) is 11.7 Å². The fourth-order valence-corrected chi connectivity index (χ4v) is 16.3. The van der Waals surface area contributed by atoms with Gasteiger partial charge in [0, 0.05) is 127 Å². The molecule has 12 aromatic rings. The summed E-state index contributed by atoms with van der Waals surface area (Å²) in [5.41, 5.74) is 45.9. The van der Waals surface area contributed by atoms with Crippen molar-refractivity contribution in [3.8, 4) is 44.5 Å². The van der Waals surface area contributed by atoms with Gasteiger partial charge in [0.1, 0.15) is 71.2 Å². The Morgan fingerprint density at radius 1 is 0.477 bits per heavy atom. The van der Waals surface area contributed by atoms with E-state index in [4.69, 9.17) is 34.5 Å². The number of anilines is 6. The summed E-state index contributed by atoms with van der Waals surface area (Å²) in [6.45, 7) is 26.9. The Labute approximate surface area is 643 Å². The van der Waals surface area contributed by atoms with Gasteiger partial charge in [-0.05, 0) is 170 Å². The number of nitrogen functional groups attached to an aromatic ring is 4. The zero-order chi connectivity index (χ0) is 77.9. The molecule has 8 aromatic heterocycles. The maximum Gasteiger partial charge on any atom is 0.319 e. The largest absolute Gasteiger partial charge is 0.383 e. The highest BCUT2D eigenvalue weighted by atomic mass is 35.5. The Bertz CT molecular complexity index is 5730. The van der Waals surface area contributed by atoms with Crippen LogP contribution in [0.5, 0.6) is 0 Å². The summed E-state index contributed by atoms with van der Waals surface area (Å²) in [5, 5.41) is 24.5. The van der Waals surface area contributed by atoms with Crippen LogP contribution in [0.1, 0.15) is 191 Å². The van der Waals surface area contributed by atoms with Gasteiger partial charge < -0.3 is 78.4 Å². The van der Waals surface area contributed by atoms with E-state index in [1.165, 1.54) is 54.2 Å². The van der Waals surface area contributed by atoms with E-state index in [9.17, 15) is 23.6 Å². The van der Waals surface area contributed by atoms with Crippen LogP contribution in [0.3, 0.4) is 0 Å². The number of hydrogen-bond acceptors (Lipinski definition) is 18. The van der Waals surface area contributed by atoms with Crippen molar-refractivity contribution in [1.29, 1.82) is 0 Å². The minimum atomic E-state index is -0.495. The van der Waals surface area contributed by atoms with Gasteiger partial charge in [-0.15, -0.1) is 0 Å². The molecule has 0 unspecified atom stereocenters. The number of nitrogens with one attached hydrogen (secondary N) is 7. The Kier molecular flexibility index (Phi) is 18.7. The SMILES string of the molecule is C=C1NCc2c(c3c(N)ncnc3n2C(C)C)-c2ccc(C3CC3)cc21.C=C1NCc2c(c3c(N)ncnc3n2C(C)C)-c2ccc(Cl)c(F)c21.CC(C)n1c2c(c3c(N)ncnc31)-c1ccc(NC(=O)CC3CC3)cc1C(=O)NC2.CC(C)n1c2c(c3c(N)ncnc31)-c1ccc(NC(=O)NC3CC3)cc1C(=O)NC2. The summed E-state index contributed by atoms with van der Waals surface area (Å²) in [6.07, 6.45) is 13.3. The first-order valence-electron chi connectivity index (χ1n) is 37.6. The predicted octanol–water partition coefficient (Wildman–Crippen LogP) is 14.4. The number of urea groups is 1. The first-order chi connectivity index (χ1) is 53.3. The van der Waals surface area contributed by atoms with Crippen molar-refractivity contribution in [2.75, 3.05) is 33.6 Å². The van der Waals surface area contributed by atoms with Crippen LogP contribution in [0.25, 0.3) is 100 Å². The smallest absolute Gasteiger partial charge is 0.319 e. The average Bonchev–Trinajstić information content (AvgIpc) is 1.59. The Morgan fingerprint density at radius 3 is 1.28 bits per heavy atom. The molecule has 5 amide bonds. The topological polar surface area (TPSA) is 379 Å². The van der Waals surface area contributed by atoms with E-state index in [0.717, 1.165) is 126 Å². The van der Waals surface area contributed by atoms with Crippen molar-refractivity contribution < 1.29 is 23.6 Å². The van der Waals surface area contributed by atoms with Crippen LogP contribution < -0.4 is 60.2 Å². The second-order valence-corrected chi connectivity index (χ2v) is 30.9. The minimum absolute atomic E-state index is 0.0128. The van der Waals surface area contributed by atoms with Crippen molar-refractivity contribution in [2.24, 2.45) is 5.92 Å². The zero-order valence-electron chi connectivity index (χ0n) is 63.0. The highest BCUT2D eigenvalue weighted by molar-refractivity contribution is 6.31. The molecule has 19 rings (SSSR count). The van der Waals surface area contributed by atoms with E-state index >= 15 is 0 Å². The van der Waals surface area contributed by atoms with Crippen molar-refractivity contribution in [3.05, 3.63) is 167 Å². The molecule has 12 heterocycles. The number of fused-ring (bicyclic) bond motifs is 20. The predicted molar refractivity (Wildman–Crippen MR) is 433 cm³/mol. The van der Waals surface area contributed by atoms with Gasteiger partial charge in [-0.2, -0.15) is 0 Å². The maximum atomic E-state index is 14.8. The highest BCUT2D eigenvalue weighted by Gasteiger charge is 2.36. The molecule has 27 nitrogen and oxygen atoms in total. The van der Waals surface area contributed by atoms with Gasteiger partial charge in [-0.3, -0.25) is 14.4 Å². The standard InChI is InChI=1S/C22H24N6O2.C21H23N7O2.C21H23N5.C18H17ClFN5/c1-11(2)28-16-9-24-22(30)15-8-13(27-17(29)7-12-3-4-12)5-6-14(15)18(16)19-20(23)25-10-26-21(19)28;1-10(2)28-15-8-23-20(29)14-7-12(27-21(30)26-11-3-4-11)5-6-13(14)16(15)17-18(22)24-9-25-19(17)28;1-11(2)26-17-9-23-12(3)16-8-14(13-4-5-13)6-7-15(16)18(17)19-20(22)24-10-25-21(19)26;1-8(2)25-12-6-22-9(3)13-10(4-5-11(19)16(13)20)14(12)15-17(21)23-7-24-18(15)25/h5-6,8,10-12H,3-4,7,9H2,1-2H3,(H,24,30)(H,27,29)(H2,23,25,26);5-7,9-11H,3-4,8H2,1-2H3,(H,23,29)(H2,22,24,25)(H2,26,27,30);6-8,10-11,13,23H,3-5,9H2,1-2H3,(H2,22,24,25);4-5,7-8,22H,3,6H2,1-2H3,(H2,21,23,24). The normalized spacial score (nSPS) is 15.2. The summed E-state index contributed by atoms with van der Waals surface area (Å²) in [7, 11) is 0. The number of nitrogens with two attached hydrogens (primary N) is 4. The molecule has 3 saturated carbocycles. The van der Waals surface area contributed by atoms with Crippen LogP contribution in [0.15, 0.2) is 105 Å². The summed E-state index contributed by atoms with van der Waals surface area (Å²) in [4.78, 5) is 84.9. The third kappa shape index (κ3) is 13.1. The highest BCUT2D eigenvalue weighted by Crippen LogP contribution is 2.50. The van der Waals surface area contributed by atoms with Crippen LogP contribution in [0.4, 0.5) is 43.8 Å². The van der Waals surface area contributed by atoms with Gasteiger partial charge >= 0.3 is 6.03 Å². The molecular weight excluding hydrogens is 1430 g/mol. The molecule has 7 aliphatic rings. The Balaban J connectivity index is 0.000000113. The second-order valence-electron chi connectivity index (χ2n) is 30.5. The monoisotopic (exact) mass is 1510 g/mol. The molecule has 0 bridgehead atoms. The summed E-state index contributed by atoms with van der Waals surface area (Å²) < 4.78 is 23.3. The molecule has 568 valence electrons. The summed E-state index contributed by atoms with van der Waals surface area (Å²) in [5.74, 6) is 1.99. The lowest BCUT2D eigenvalue weighted by molar-refractivity contribution is -0.116. The Hall–Kier alpha value is -12.5. The van der Waals surface area contributed by atoms with Crippen LogP contribution in [-0.2, 0) is 31.0 Å². The lowest BCUT2D eigenvalue weighted by atomic mass is 9.94. The first-order valence-corrected chi connectivity index (χ1v) is 38.0. The zero-order valence-corrected chi connectivity index (χ0v) is 63.7. The van der Waals surface area contributed by atoms with Crippen molar-refractivity contribution in [1.82, 2.24) is 84.7 Å². The second kappa shape index (κ2) is 28.5. The van der Waals surface area contributed by atoms with Crippen LogP contribution >= 0.6 is 11.6 Å². The van der Waals surface area contributed by atoms with Gasteiger partial charge in [0.15, 0.2) is 5.82 Å². The molecule has 4 aromatic carbocycles. The molecular formula is C82H87ClFN23O4. The number of halogens is 2. The van der Waals surface area contributed by atoms with Gasteiger partial charge in [0.05, 0.1) is 52.7 Å². The quantitative estimate of drug-likeness (QED) is 0.0606. The third-order valence-corrected chi connectivity index (χ3v) is 21.8. The fraction of sp³-hybridized carbons (Fsp3) is 0.317. The van der Waals surface area contributed by atoms with Gasteiger partial charge in [0.25, 0.3) is 11.8 Å². The van der Waals surface area contributed by atoms with Gasteiger partial charge in [0.2, 0.25) is 5.91 Å². The van der Waals surface area contributed by atoms with Gasteiger partial charge in [-0.1, -0.05) is 55.1 Å². The maximum absolute atomic E-state index is 14.8. The molecule has 0 spiro atoms. The molecule has 29 heteroatoms. The number of benzene rings is 4. The van der Waals surface area contributed by atoms with Crippen LogP contribution in [0.2, 0.25) is 5.02 Å². The van der Waals surface area contributed by atoms with E-state index < -0.39 is 5.82 Å². The van der Waals surface area contributed by atoms with Crippen molar-refractivity contribution in [3.63, 3.8) is 0 Å². The first kappa shape index (κ1) is 72.7. The van der Waals surface area contributed by atoms with E-state index in [0.29, 0.717) is 107 Å². The van der Waals surface area contributed by atoms with Gasteiger partial charge in [-0.25, -0.2) is 49.1 Å².